The molecule has 0 saturated heterocycles. The Labute approximate surface area is 204 Å². The first-order valence-corrected chi connectivity index (χ1v) is 12.3. The molecule has 3 aromatic rings. The van der Waals surface area contributed by atoms with Crippen LogP contribution in [0.25, 0.3) is 0 Å². The zero-order chi connectivity index (χ0) is 25.4. The van der Waals surface area contributed by atoms with E-state index in [2.05, 4.69) is 5.32 Å². The van der Waals surface area contributed by atoms with E-state index in [0.717, 1.165) is 22.5 Å². The minimum atomic E-state index is -4.47. The molecule has 3 aromatic carbocycles. The summed E-state index contributed by atoms with van der Waals surface area (Å²) in [6.45, 7) is 0.0106. The van der Waals surface area contributed by atoms with Gasteiger partial charge >= 0.3 is 6.18 Å². The zero-order valence-corrected chi connectivity index (χ0v) is 19.6. The first-order chi connectivity index (χ1) is 16.5. The van der Waals surface area contributed by atoms with Crippen molar-refractivity contribution >= 4 is 33.2 Å². The van der Waals surface area contributed by atoms with Gasteiger partial charge in [-0.3, -0.25) is 4.79 Å². The molecule has 5 nitrogen and oxygen atoms in total. The molecule has 1 heterocycles. The van der Waals surface area contributed by atoms with Crippen molar-refractivity contribution in [2.45, 2.75) is 30.5 Å². The molecule has 1 aliphatic heterocycles. The first kappa shape index (κ1) is 25.2. The number of rotatable bonds is 5. The van der Waals surface area contributed by atoms with Crippen LogP contribution in [0.3, 0.4) is 0 Å². The van der Waals surface area contributed by atoms with Gasteiger partial charge in [-0.15, -0.1) is 0 Å². The summed E-state index contributed by atoms with van der Waals surface area (Å²) < 4.78 is 79.4. The van der Waals surface area contributed by atoms with Gasteiger partial charge in [0.05, 0.1) is 22.7 Å². The number of fused-ring (bicyclic) bond motifs is 1. The molecule has 1 amide bonds. The Kier molecular flexibility index (Phi) is 6.90. The van der Waals surface area contributed by atoms with E-state index in [1.54, 1.807) is 6.07 Å². The molecular formula is C24H19ClF4N2O3S. The summed E-state index contributed by atoms with van der Waals surface area (Å²) >= 11 is 6.30. The lowest BCUT2D eigenvalue weighted by molar-refractivity contribution is -0.137. The highest BCUT2D eigenvalue weighted by Crippen LogP contribution is 2.35. The number of amides is 1. The summed E-state index contributed by atoms with van der Waals surface area (Å²) in [4.78, 5) is 12.2. The highest BCUT2D eigenvalue weighted by molar-refractivity contribution is 7.89. The largest absolute Gasteiger partial charge is 0.416 e. The first-order valence-electron chi connectivity index (χ1n) is 10.5. The van der Waals surface area contributed by atoms with Crippen LogP contribution in [0.2, 0.25) is 5.02 Å². The van der Waals surface area contributed by atoms with Crippen LogP contribution in [-0.2, 0) is 40.4 Å². The predicted octanol–water partition coefficient (Wildman–Crippen LogP) is 5.43. The molecule has 0 aliphatic carbocycles. The second-order valence-electron chi connectivity index (χ2n) is 8.00. The van der Waals surface area contributed by atoms with Gasteiger partial charge in [0.1, 0.15) is 10.7 Å². The maximum atomic E-state index is 14.1. The number of nitrogens with one attached hydrogen (secondary N) is 1. The van der Waals surface area contributed by atoms with Crippen molar-refractivity contribution in [2.24, 2.45) is 0 Å². The zero-order valence-electron chi connectivity index (χ0n) is 18.1. The van der Waals surface area contributed by atoms with Crippen LogP contribution in [-0.4, -0.2) is 25.2 Å². The van der Waals surface area contributed by atoms with Gasteiger partial charge in [0.15, 0.2) is 0 Å². The van der Waals surface area contributed by atoms with E-state index in [1.165, 1.54) is 36.4 Å². The Morgan fingerprint density at radius 2 is 1.71 bits per heavy atom. The molecule has 11 heteroatoms. The SMILES string of the molecule is O=C(Cc1ccc(C(F)(F)F)cc1)Nc1c(Cl)ccc2c1CCN(S(=O)(=O)c1ccccc1F)C2. The van der Waals surface area contributed by atoms with Crippen molar-refractivity contribution in [3.63, 3.8) is 0 Å². The highest BCUT2D eigenvalue weighted by Gasteiger charge is 2.32. The third kappa shape index (κ3) is 5.34. The minimum absolute atomic E-state index is 0.0368. The maximum absolute atomic E-state index is 14.1. The lowest BCUT2D eigenvalue weighted by Crippen LogP contribution is -2.36. The molecule has 0 radical (unpaired) electrons. The molecule has 0 fully saturated rings. The number of carbonyl (C=O) groups is 1. The summed E-state index contributed by atoms with van der Waals surface area (Å²) in [7, 11) is -4.08. The molecule has 4 rings (SSSR count). The number of sulfonamides is 1. The second kappa shape index (κ2) is 9.60. The Morgan fingerprint density at radius 3 is 2.37 bits per heavy atom. The molecule has 0 aromatic heterocycles. The number of benzene rings is 3. The molecule has 184 valence electrons. The number of alkyl halides is 3. The van der Waals surface area contributed by atoms with Crippen LogP contribution in [0, 0.1) is 5.82 Å². The fourth-order valence-electron chi connectivity index (χ4n) is 3.92. The molecule has 0 spiro atoms. The van der Waals surface area contributed by atoms with E-state index in [-0.39, 0.29) is 31.0 Å². The third-order valence-corrected chi connectivity index (χ3v) is 7.88. The van der Waals surface area contributed by atoms with Crippen LogP contribution in [0.5, 0.6) is 0 Å². The summed E-state index contributed by atoms with van der Waals surface area (Å²) in [5, 5.41) is 2.95. The summed E-state index contributed by atoms with van der Waals surface area (Å²) in [6, 6.07) is 12.6. The molecule has 1 aliphatic rings. The van der Waals surface area contributed by atoms with Crippen molar-refractivity contribution in [3.05, 3.63) is 93.8 Å². The quantitative estimate of drug-likeness (QED) is 0.451. The summed E-state index contributed by atoms with van der Waals surface area (Å²) in [5.74, 6) is -1.33. The lowest BCUT2D eigenvalue weighted by atomic mass is 9.98. The van der Waals surface area contributed by atoms with Gasteiger partial charge in [-0.1, -0.05) is 41.9 Å². The monoisotopic (exact) mass is 526 g/mol. The van der Waals surface area contributed by atoms with Crippen molar-refractivity contribution in [3.8, 4) is 0 Å². The Balaban J connectivity index is 1.52. The fraction of sp³-hybridized carbons (Fsp3) is 0.208. The maximum Gasteiger partial charge on any atom is 0.416 e. The number of anilines is 1. The minimum Gasteiger partial charge on any atom is -0.324 e. The van der Waals surface area contributed by atoms with E-state index >= 15 is 0 Å². The number of carbonyl (C=O) groups excluding carboxylic acids is 1. The lowest BCUT2D eigenvalue weighted by Gasteiger charge is -2.30. The van der Waals surface area contributed by atoms with E-state index < -0.39 is 38.4 Å². The smallest absolute Gasteiger partial charge is 0.324 e. The number of hydrogen-bond donors (Lipinski definition) is 1. The van der Waals surface area contributed by atoms with E-state index in [4.69, 9.17) is 11.6 Å². The Morgan fingerprint density at radius 1 is 1.03 bits per heavy atom. The number of halogens is 5. The van der Waals surface area contributed by atoms with Gasteiger partial charge in [0.2, 0.25) is 15.9 Å². The van der Waals surface area contributed by atoms with Gasteiger partial charge < -0.3 is 5.32 Å². The molecule has 1 N–H and O–H groups in total. The topological polar surface area (TPSA) is 66.5 Å². The van der Waals surface area contributed by atoms with Crippen LogP contribution in [0.1, 0.15) is 22.3 Å². The Hall–Kier alpha value is -2.95. The fourth-order valence-corrected chi connectivity index (χ4v) is 5.62. The van der Waals surface area contributed by atoms with Crippen LogP contribution in [0.4, 0.5) is 23.2 Å². The van der Waals surface area contributed by atoms with Crippen molar-refractivity contribution in [2.75, 3.05) is 11.9 Å². The van der Waals surface area contributed by atoms with Gasteiger partial charge in [-0.2, -0.15) is 17.5 Å². The van der Waals surface area contributed by atoms with E-state index in [9.17, 15) is 30.8 Å². The van der Waals surface area contributed by atoms with Crippen LogP contribution in [0.15, 0.2) is 65.6 Å². The average molecular weight is 527 g/mol. The van der Waals surface area contributed by atoms with E-state index in [0.29, 0.717) is 22.4 Å². The molecule has 0 saturated carbocycles. The van der Waals surface area contributed by atoms with Crippen LogP contribution < -0.4 is 5.32 Å². The molecular weight excluding hydrogens is 508 g/mol. The third-order valence-electron chi connectivity index (χ3n) is 5.68. The van der Waals surface area contributed by atoms with Crippen molar-refractivity contribution in [1.29, 1.82) is 0 Å². The standard InChI is InChI=1S/C24H19ClF4N2O3S/c25-19-10-7-16-14-31(35(33,34)21-4-2-1-3-20(21)26)12-11-18(16)23(19)30-22(32)13-15-5-8-17(9-6-15)24(27,28)29/h1-10H,11-14H2,(H,30,32). The average Bonchev–Trinajstić information content (AvgIpc) is 2.80. The predicted molar refractivity (Wildman–Crippen MR) is 123 cm³/mol. The van der Waals surface area contributed by atoms with Gasteiger partial charge in [-0.05, 0) is 53.4 Å². The molecule has 0 bridgehead atoms. The van der Waals surface area contributed by atoms with Crippen LogP contribution >= 0.6 is 11.6 Å². The van der Waals surface area contributed by atoms with E-state index in [1.807, 2.05) is 0 Å². The highest BCUT2D eigenvalue weighted by atomic mass is 35.5. The van der Waals surface area contributed by atoms with Crippen molar-refractivity contribution < 1.29 is 30.8 Å². The Bertz CT molecular complexity index is 1380. The second-order valence-corrected chi connectivity index (χ2v) is 10.3. The van der Waals surface area contributed by atoms with Gasteiger partial charge in [-0.25, -0.2) is 12.8 Å². The van der Waals surface area contributed by atoms with Gasteiger partial charge in [0, 0.05) is 13.1 Å². The summed E-state index contributed by atoms with van der Waals surface area (Å²) in [5.41, 5.74) is 1.16. The van der Waals surface area contributed by atoms with Gasteiger partial charge in [0.25, 0.3) is 0 Å². The number of nitrogens with zero attached hydrogens (tertiary/aromatic N) is 1. The molecule has 35 heavy (non-hydrogen) atoms. The number of hydrogen-bond acceptors (Lipinski definition) is 3. The molecule has 0 unspecified atom stereocenters. The summed E-state index contributed by atoms with van der Waals surface area (Å²) in [6.07, 6.45) is -4.42. The normalized spacial score (nSPS) is 14.4. The molecule has 0 atom stereocenters. The van der Waals surface area contributed by atoms with Crippen molar-refractivity contribution in [1.82, 2.24) is 4.31 Å².